The van der Waals surface area contributed by atoms with Crippen molar-refractivity contribution < 1.29 is 42.1 Å². The van der Waals surface area contributed by atoms with Crippen molar-refractivity contribution in [1.82, 2.24) is 0 Å². The lowest BCUT2D eigenvalue weighted by Gasteiger charge is -2.24. The molecule has 9 nitrogen and oxygen atoms in total. The van der Waals surface area contributed by atoms with Crippen LogP contribution in [-0.4, -0.2) is 74.9 Å². The molecule has 1 unspecified atom stereocenters. The van der Waals surface area contributed by atoms with Crippen molar-refractivity contribution in [2.45, 2.75) is 148 Å². The number of carbonyl (C=O) groups is 2. The average molecular weight is 857 g/mol. The molecule has 0 aromatic carbocycles. The summed E-state index contributed by atoms with van der Waals surface area (Å²) in [6.45, 7) is 4.13. The number of nitrogens with zero attached hydrogens (tertiary/aromatic N) is 1. The first kappa shape index (κ1) is 56.7. The first-order valence-corrected chi connectivity index (χ1v) is 24.1. The molecule has 0 aliphatic carbocycles. The number of allylic oxidation sites excluding steroid dienone is 18. The molecule has 0 spiro atoms. The molecule has 0 saturated carbocycles. The zero-order chi connectivity index (χ0) is 44.3. The van der Waals surface area contributed by atoms with Crippen molar-refractivity contribution in [3.8, 4) is 0 Å². The normalized spacial score (nSPS) is 14.6. The highest BCUT2D eigenvalue weighted by molar-refractivity contribution is 7.47. The summed E-state index contributed by atoms with van der Waals surface area (Å²) < 4.78 is 34.2. The van der Waals surface area contributed by atoms with E-state index in [1.54, 1.807) is 0 Å². The van der Waals surface area contributed by atoms with Crippen LogP contribution in [-0.2, 0) is 32.7 Å². The molecular formula is C50H83NO8P+. The Labute approximate surface area is 366 Å². The van der Waals surface area contributed by atoms with Crippen LogP contribution in [0, 0.1) is 0 Å². The van der Waals surface area contributed by atoms with Crippen LogP contribution in [0.4, 0.5) is 0 Å². The summed E-state index contributed by atoms with van der Waals surface area (Å²) in [7, 11) is 1.40. The first-order valence-electron chi connectivity index (χ1n) is 22.6. The second kappa shape index (κ2) is 41.0. The van der Waals surface area contributed by atoms with E-state index in [9.17, 15) is 19.0 Å². The van der Waals surface area contributed by atoms with Crippen molar-refractivity contribution in [3.05, 3.63) is 109 Å². The van der Waals surface area contributed by atoms with Crippen LogP contribution in [0.5, 0.6) is 0 Å². The van der Waals surface area contributed by atoms with Crippen LogP contribution in [0.2, 0.25) is 0 Å². The Morgan fingerprint density at radius 2 is 0.983 bits per heavy atom. The summed E-state index contributed by atoms with van der Waals surface area (Å²) in [4.78, 5) is 35.4. The van der Waals surface area contributed by atoms with Crippen LogP contribution >= 0.6 is 7.82 Å². The topological polar surface area (TPSA) is 108 Å². The second-order valence-electron chi connectivity index (χ2n) is 15.7. The van der Waals surface area contributed by atoms with Gasteiger partial charge in [0, 0.05) is 12.8 Å². The minimum atomic E-state index is -4.41. The lowest BCUT2D eigenvalue weighted by Crippen LogP contribution is -2.37. The Balaban J connectivity index is 4.54. The Morgan fingerprint density at radius 1 is 0.533 bits per heavy atom. The standard InChI is InChI=1S/C50H82NO8P/c1-6-8-10-12-14-16-18-20-22-24-25-27-29-31-33-35-37-39-41-43-50(53)59-48(47-58-60(54,55)57-45-44-51(3,4)5)46-56-49(52)42-40-38-36-34-32-30-28-26-23-21-19-17-15-13-11-9-7-2/h9,11,14-17,20-23,25,27-28,30-31,33,37,39,48H,6-8,10,12-13,18-19,24,26,29,32,34-36,38,40-47H2,1-5H3/p+1/b11-9-,16-14-,17-15-,22-20-,23-21-,27-25-,30-28-,33-31-,39-37-/t48-/m1/s1. The van der Waals surface area contributed by atoms with E-state index < -0.39 is 32.5 Å². The van der Waals surface area contributed by atoms with Gasteiger partial charge in [-0.05, 0) is 89.9 Å². The molecule has 0 radical (unpaired) electrons. The number of ether oxygens (including phenoxy) is 2. The van der Waals surface area contributed by atoms with Crippen molar-refractivity contribution in [1.29, 1.82) is 0 Å². The number of hydrogen-bond donors (Lipinski definition) is 1. The maximum absolute atomic E-state index is 12.7. The third-order valence-electron chi connectivity index (χ3n) is 8.80. The smallest absolute Gasteiger partial charge is 0.462 e. The van der Waals surface area contributed by atoms with E-state index in [-0.39, 0.29) is 26.1 Å². The van der Waals surface area contributed by atoms with Gasteiger partial charge >= 0.3 is 19.8 Å². The highest BCUT2D eigenvalue weighted by atomic mass is 31.2. The average Bonchev–Trinajstić information content (AvgIpc) is 3.20. The second-order valence-corrected chi connectivity index (χ2v) is 17.1. The van der Waals surface area contributed by atoms with Gasteiger partial charge in [0.1, 0.15) is 19.8 Å². The number of unbranched alkanes of at least 4 members (excludes halogenated alkanes) is 7. The van der Waals surface area contributed by atoms with Gasteiger partial charge in [-0.1, -0.05) is 149 Å². The van der Waals surface area contributed by atoms with Gasteiger partial charge in [-0.3, -0.25) is 18.6 Å². The fraction of sp³-hybridized carbons (Fsp3) is 0.600. The van der Waals surface area contributed by atoms with Crippen molar-refractivity contribution in [2.24, 2.45) is 0 Å². The van der Waals surface area contributed by atoms with Crippen molar-refractivity contribution >= 4 is 19.8 Å². The molecule has 0 heterocycles. The molecule has 0 bridgehead atoms. The molecule has 0 rings (SSSR count). The van der Waals surface area contributed by atoms with Gasteiger partial charge in [-0.2, -0.15) is 0 Å². The van der Waals surface area contributed by atoms with E-state index in [1.807, 2.05) is 33.3 Å². The maximum atomic E-state index is 12.7. The summed E-state index contributed by atoms with van der Waals surface area (Å²) in [5, 5.41) is 0. The Kier molecular flexibility index (Phi) is 38.8. The van der Waals surface area contributed by atoms with E-state index in [0.717, 1.165) is 77.0 Å². The van der Waals surface area contributed by atoms with Crippen LogP contribution in [0.1, 0.15) is 142 Å². The molecule has 0 aromatic rings. The first-order chi connectivity index (χ1) is 29.0. The number of phosphoric ester groups is 1. The van der Waals surface area contributed by atoms with E-state index in [4.69, 9.17) is 18.5 Å². The van der Waals surface area contributed by atoms with Crippen LogP contribution in [0.3, 0.4) is 0 Å². The molecule has 2 atom stereocenters. The molecule has 0 fully saturated rings. The number of esters is 2. The van der Waals surface area contributed by atoms with Gasteiger partial charge in [-0.25, -0.2) is 4.57 Å². The zero-order valence-corrected chi connectivity index (χ0v) is 39.0. The maximum Gasteiger partial charge on any atom is 0.472 e. The van der Waals surface area contributed by atoms with Gasteiger partial charge in [0.15, 0.2) is 6.10 Å². The number of rotatable bonds is 39. The third-order valence-corrected chi connectivity index (χ3v) is 9.78. The van der Waals surface area contributed by atoms with Crippen LogP contribution < -0.4 is 0 Å². The monoisotopic (exact) mass is 857 g/mol. The van der Waals surface area contributed by atoms with Gasteiger partial charge in [-0.15, -0.1) is 0 Å². The molecule has 340 valence electrons. The summed E-state index contributed by atoms with van der Waals surface area (Å²) in [6, 6.07) is 0. The predicted octanol–water partition coefficient (Wildman–Crippen LogP) is 13.1. The number of hydrogen-bond acceptors (Lipinski definition) is 7. The Bertz CT molecular complexity index is 1380. The lowest BCUT2D eigenvalue weighted by atomic mass is 10.1. The molecule has 0 amide bonds. The summed E-state index contributed by atoms with van der Waals surface area (Å²) >= 11 is 0. The Morgan fingerprint density at radius 3 is 1.47 bits per heavy atom. The fourth-order valence-corrected chi connectivity index (χ4v) is 6.02. The largest absolute Gasteiger partial charge is 0.472 e. The number of quaternary nitrogens is 1. The number of phosphoric acid groups is 1. The van der Waals surface area contributed by atoms with Gasteiger partial charge in [0.05, 0.1) is 27.7 Å². The molecule has 1 N–H and O–H groups in total. The van der Waals surface area contributed by atoms with Gasteiger partial charge < -0.3 is 18.9 Å². The summed E-state index contributed by atoms with van der Waals surface area (Å²) in [5.41, 5.74) is 0. The van der Waals surface area contributed by atoms with Crippen molar-refractivity contribution in [2.75, 3.05) is 47.5 Å². The molecule has 60 heavy (non-hydrogen) atoms. The molecule has 10 heteroatoms. The summed E-state index contributed by atoms with van der Waals surface area (Å²) in [5.74, 6) is -0.935. The van der Waals surface area contributed by atoms with Crippen LogP contribution in [0.15, 0.2) is 109 Å². The van der Waals surface area contributed by atoms with E-state index >= 15 is 0 Å². The number of likely N-dealkylation sites (N-methyl/N-ethyl adjacent to an activating group) is 1. The third kappa shape index (κ3) is 44.2. The van der Waals surface area contributed by atoms with Crippen molar-refractivity contribution in [3.63, 3.8) is 0 Å². The highest BCUT2D eigenvalue weighted by Gasteiger charge is 2.27. The minimum absolute atomic E-state index is 0.00749. The molecule has 0 saturated heterocycles. The SMILES string of the molecule is CC/C=C\C/C=C\C/C=C\C/C=C\CCCCCCC(=O)OC[C@H](COP(=O)(O)OCC[N+](C)(C)C)OC(=O)CC/C=C\C/C=C\C/C=C\C/C=C\C/C=C\CCCCC. The van der Waals surface area contributed by atoms with E-state index in [0.29, 0.717) is 23.9 Å². The highest BCUT2D eigenvalue weighted by Crippen LogP contribution is 2.43. The van der Waals surface area contributed by atoms with Crippen LogP contribution in [0.25, 0.3) is 0 Å². The molecule has 0 aromatic heterocycles. The van der Waals surface area contributed by atoms with Gasteiger partial charge in [0.25, 0.3) is 0 Å². The fourth-order valence-electron chi connectivity index (χ4n) is 5.28. The molecular weight excluding hydrogens is 774 g/mol. The number of carbonyl (C=O) groups excluding carboxylic acids is 2. The predicted molar refractivity (Wildman–Crippen MR) is 251 cm³/mol. The summed E-state index contributed by atoms with van der Waals surface area (Å²) in [6.07, 6.45) is 55.8. The van der Waals surface area contributed by atoms with Gasteiger partial charge in [0.2, 0.25) is 0 Å². The Hall–Kier alpha value is -3.33. The lowest BCUT2D eigenvalue weighted by molar-refractivity contribution is -0.870. The van der Waals surface area contributed by atoms with E-state index in [1.165, 1.54) is 25.7 Å². The molecule has 0 aliphatic rings. The van der Waals surface area contributed by atoms with E-state index in [2.05, 4.69) is 111 Å². The molecule has 0 aliphatic heterocycles. The minimum Gasteiger partial charge on any atom is -0.462 e. The zero-order valence-electron chi connectivity index (χ0n) is 38.1. The quantitative estimate of drug-likeness (QED) is 0.0214.